The van der Waals surface area contributed by atoms with E-state index in [1.54, 1.807) is 6.08 Å². The van der Waals surface area contributed by atoms with Crippen LogP contribution in [0.5, 0.6) is 0 Å². The number of hydrogen-bond acceptors (Lipinski definition) is 3. The van der Waals surface area contributed by atoms with Gasteiger partial charge in [-0.2, -0.15) is 0 Å². The van der Waals surface area contributed by atoms with E-state index < -0.39 is 22.6 Å². The Balaban J connectivity index is 1.77. The fraction of sp³-hybridized carbons (Fsp3) is 0.714. The molecule has 2 fully saturated rings. The Hall–Kier alpha value is -1.00. The van der Waals surface area contributed by atoms with Crippen LogP contribution in [-0.2, 0) is 9.59 Å². The number of aliphatic hydroxyl groups is 1. The molecule has 142 valence electrons. The Kier molecular flexibility index (Phi) is 4.06. The first-order chi connectivity index (χ1) is 12.2. The van der Waals surface area contributed by atoms with Crippen molar-refractivity contribution in [1.82, 2.24) is 0 Å². The van der Waals surface area contributed by atoms with Gasteiger partial charge in [0.05, 0.1) is 12.0 Å². The van der Waals surface area contributed by atoms with E-state index in [0.29, 0.717) is 37.7 Å². The summed E-state index contributed by atoms with van der Waals surface area (Å²) in [5.41, 5.74) is -1.55. The Morgan fingerprint density at radius 1 is 1.35 bits per heavy atom. The van der Waals surface area contributed by atoms with Crippen LogP contribution in [0.1, 0.15) is 52.4 Å². The molecule has 0 saturated heterocycles. The van der Waals surface area contributed by atoms with Crippen molar-refractivity contribution in [2.75, 3.05) is 5.88 Å². The molecular formula is C21H26ClFO3. The first-order valence-electron chi connectivity index (χ1n) is 9.59. The number of halogens is 2. The average molecular weight is 381 g/mol. The standard InChI is InChI=1S/C21H26ClFO3/c1-19-10-18(26)21(23)15(14(19)5-6-16(19)17(25)11-22)4-3-12-9-13(24)7-8-20(12,21)2/h6,9,14-15,18,26H,3-5,7-8,10-11H2,1-2H3/t14-,15-,18-,19-,20-,21?/m0/s1. The predicted octanol–water partition coefficient (Wildman–Crippen LogP) is 3.93. The third kappa shape index (κ3) is 2.09. The summed E-state index contributed by atoms with van der Waals surface area (Å²) in [6, 6.07) is 0. The van der Waals surface area contributed by atoms with Crippen molar-refractivity contribution in [2.24, 2.45) is 22.7 Å². The summed E-state index contributed by atoms with van der Waals surface area (Å²) in [7, 11) is 0. The second-order valence-corrected chi connectivity index (χ2v) is 9.30. The number of alkyl halides is 2. The first kappa shape index (κ1) is 18.4. The summed E-state index contributed by atoms with van der Waals surface area (Å²) >= 11 is 5.79. The predicted molar refractivity (Wildman–Crippen MR) is 97.6 cm³/mol. The van der Waals surface area contributed by atoms with Gasteiger partial charge in [0.25, 0.3) is 0 Å². The van der Waals surface area contributed by atoms with Gasteiger partial charge in [0.15, 0.2) is 11.6 Å². The molecule has 3 nitrogen and oxygen atoms in total. The molecule has 4 aliphatic rings. The Labute approximate surface area is 158 Å². The lowest BCUT2D eigenvalue weighted by molar-refractivity contribution is -0.200. The molecule has 4 rings (SSSR count). The van der Waals surface area contributed by atoms with Gasteiger partial charge < -0.3 is 5.11 Å². The van der Waals surface area contributed by atoms with Crippen LogP contribution in [0, 0.1) is 22.7 Å². The second kappa shape index (κ2) is 5.75. The highest BCUT2D eigenvalue weighted by atomic mass is 35.5. The highest BCUT2D eigenvalue weighted by molar-refractivity contribution is 6.30. The van der Waals surface area contributed by atoms with Gasteiger partial charge in [-0.3, -0.25) is 9.59 Å². The summed E-state index contributed by atoms with van der Waals surface area (Å²) < 4.78 is 16.7. The van der Waals surface area contributed by atoms with E-state index in [0.717, 1.165) is 5.57 Å². The maximum atomic E-state index is 16.7. The number of allylic oxidation sites excluding steroid dienone is 4. The molecule has 0 aromatic rings. The third-order valence-corrected chi connectivity index (χ3v) is 8.29. The normalized spacial score (nSPS) is 47.4. The van der Waals surface area contributed by atoms with Crippen molar-refractivity contribution in [3.8, 4) is 0 Å². The first-order valence-corrected chi connectivity index (χ1v) is 10.1. The molecule has 0 heterocycles. The van der Waals surface area contributed by atoms with Crippen LogP contribution in [0.25, 0.3) is 0 Å². The number of fused-ring (bicyclic) bond motifs is 5. The maximum Gasteiger partial charge on any atom is 0.173 e. The molecule has 5 heteroatoms. The molecule has 0 spiro atoms. The van der Waals surface area contributed by atoms with Gasteiger partial charge in [0, 0.05) is 23.2 Å². The van der Waals surface area contributed by atoms with Crippen molar-refractivity contribution in [1.29, 1.82) is 0 Å². The van der Waals surface area contributed by atoms with Gasteiger partial charge in [-0.05, 0) is 49.7 Å². The quantitative estimate of drug-likeness (QED) is 0.738. The smallest absolute Gasteiger partial charge is 0.173 e. The molecular weight excluding hydrogens is 355 g/mol. The summed E-state index contributed by atoms with van der Waals surface area (Å²) in [5, 5.41) is 11.1. The molecule has 0 aromatic carbocycles. The number of ketones is 2. The number of Topliss-reactive ketones (excluding diaryl/α,β-unsaturated/α-hetero) is 1. The zero-order chi connectivity index (χ0) is 18.9. The fourth-order valence-corrected chi connectivity index (χ4v) is 6.79. The monoisotopic (exact) mass is 380 g/mol. The lowest BCUT2D eigenvalue weighted by Crippen LogP contribution is -2.67. The summed E-state index contributed by atoms with van der Waals surface area (Å²) in [4.78, 5) is 24.2. The van der Waals surface area contributed by atoms with E-state index in [4.69, 9.17) is 11.6 Å². The highest BCUT2D eigenvalue weighted by Crippen LogP contribution is 2.68. The van der Waals surface area contributed by atoms with Crippen molar-refractivity contribution in [2.45, 2.75) is 64.1 Å². The fourth-order valence-electron chi connectivity index (χ4n) is 6.65. The Bertz CT molecular complexity index is 744. The number of hydrogen-bond donors (Lipinski definition) is 1. The van der Waals surface area contributed by atoms with Crippen LogP contribution in [0.3, 0.4) is 0 Å². The van der Waals surface area contributed by atoms with E-state index >= 15 is 4.39 Å². The van der Waals surface area contributed by atoms with E-state index in [2.05, 4.69) is 0 Å². The topological polar surface area (TPSA) is 54.4 Å². The summed E-state index contributed by atoms with van der Waals surface area (Å²) in [6.45, 7) is 3.87. The Morgan fingerprint density at radius 2 is 2.08 bits per heavy atom. The lowest BCUT2D eigenvalue weighted by atomic mass is 9.44. The van der Waals surface area contributed by atoms with Crippen molar-refractivity contribution in [3.05, 3.63) is 23.3 Å². The molecule has 1 unspecified atom stereocenters. The SMILES string of the molecule is C[C@]12CCC(=O)C=C1CC[C@H]1[C@@H]3CC=C(C(=O)CCl)[C@@]3(C)C[C@H](O)C12F. The molecule has 2 saturated carbocycles. The molecule has 0 bridgehead atoms. The van der Waals surface area contributed by atoms with E-state index in [1.165, 1.54) is 0 Å². The minimum absolute atomic E-state index is 0.00549. The van der Waals surface area contributed by atoms with Crippen LogP contribution in [-0.4, -0.2) is 34.3 Å². The average Bonchev–Trinajstić information content (AvgIpc) is 2.93. The number of carbonyl (C=O) groups is 2. The van der Waals surface area contributed by atoms with Crippen LogP contribution in [0.4, 0.5) is 4.39 Å². The highest BCUT2D eigenvalue weighted by Gasteiger charge is 2.70. The number of carbonyl (C=O) groups excluding carboxylic acids is 2. The minimum atomic E-state index is -1.75. The lowest BCUT2D eigenvalue weighted by Gasteiger charge is -2.62. The van der Waals surface area contributed by atoms with Gasteiger partial charge in [0.1, 0.15) is 5.67 Å². The molecule has 4 aliphatic carbocycles. The van der Waals surface area contributed by atoms with Gasteiger partial charge in [-0.25, -0.2) is 4.39 Å². The maximum absolute atomic E-state index is 16.7. The molecule has 6 atom stereocenters. The minimum Gasteiger partial charge on any atom is -0.390 e. The number of aliphatic hydroxyl groups excluding tert-OH is 1. The summed E-state index contributed by atoms with van der Waals surface area (Å²) in [5.74, 6) is -0.451. The number of rotatable bonds is 2. The van der Waals surface area contributed by atoms with Crippen molar-refractivity contribution >= 4 is 23.2 Å². The molecule has 0 radical (unpaired) electrons. The van der Waals surface area contributed by atoms with Crippen molar-refractivity contribution < 1.29 is 19.1 Å². The largest absolute Gasteiger partial charge is 0.390 e. The van der Waals surface area contributed by atoms with Crippen LogP contribution in [0.15, 0.2) is 23.3 Å². The molecule has 0 amide bonds. The zero-order valence-corrected chi connectivity index (χ0v) is 16.1. The van der Waals surface area contributed by atoms with Crippen molar-refractivity contribution in [3.63, 3.8) is 0 Å². The van der Waals surface area contributed by atoms with E-state index in [1.807, 2.05) is 19.9 Å². The van der Waals surface area contributed by atoms with E-state index in [-0.39, 0.29) is 35.7 Å². The third-order valence-electron chi connectivity index (χ3n) is 8.04. The molecule has 0 aliphatic heterocycles. The van der Waals surface area contributed by atoms with Gasteiger partial charge >= 0.3 is 0 Å². The van der Waals surface area contributed by atoms with Gasteiger partial charge in [0.2, 0.25) is 0 Å². The van der Waals surface area contributed by atoms with Gasteiger partial charge in [-0.1, -0.05) is 25.5 Å². The Morgan fingerprint density at radius 3 is 2.77 bits per heavy atom. The van der Waals surface area contributed by atoms with E-state index in [9.17, 15) is 14.7 Å². The second-order valence-electron chi connectivity index (χ2n) is 9.04. The van der Waals surface area contributed by atoms with Crippen LogP contribution < -0.4 is 0 Å². The molecule has 26 heavy (non-hydrogen) atoms. The molecule has 0 aromatic heterocycles. The molecule has 1 N–H and O–H groups in total. The van der Waals surface area contributed by atoms with Crippen LogP contribution >= 0.6 is 11.6 Å². The van der Waals surface area contributed by atoms with Crippen LogP contribution in [0.2, 0.25) is 0 Å². The van der Waals surface area contributed by atoms with Gasteiger partial charge in [-0.15, -0.1) is 11.6 Å². The zero-order valence-electron chi connectivity index (χ0n) is 15.4. The summed E-state index contributed by atoms with van der Waals surface area (Å²) in [6.07, 6.45) is 5.37.